The van der Waals surface area contributed by atoms with Crippen molar-refractivity contribution in [3.05, 3.63) is 58.3 Å². The Morgan fingerprint density at radius 2 is 1.71 bits per heavy atom. The Hall–Kier alpha value is -1.41. The van der Waals surface area contributed by atoms with E-state index in [-0.39, 0.29) is 5.82 Å². The number of aryl methyl sites for hydroxylation is 1. The van der Waals surface area contributed by atoms with E-state index in [1.807, 2.05) is 37.3 Å². The zero-order chi connectivity index (χ0) is 12.0. The highest BCUT2D eigenvalue weighted by Gasteiger charge is 2.04. The molecule has 0 saturated carbocycles. The third-order valence-corrected chi connectivity index (χ3v) is 3.46. The molecule has 0 N–H and O–H groups in total. The molecule has 0 unspecified atom stereocenters. The van der Waals surface area contributed by atoms with Gasteiger partial charge in [-0.3, -0.25) is 0 Å². The maximum Gasteiger partial charge on any atom is 0.131 e. The minimum Gasteiger partial charge on any atom is -0.206 e. The van der Waals surface area contributed by atoms with Crippen molar-refractivity contribution in [2.75, 3.05) is 0 Å². The number of halogens is 2. The summed E-state index contributed by atoms with van der Waals surface area (Å²) in [6, 6.07) is 13.6. The van der Waals surface area contributed by atoms with E-state index in [4.69, 9.17) is 0 Å². The van der Waals surface area contributed by atoms with Crippen molar-refractivity contribution in [3.63, 3.8) is 0 Å². The number of rotatable bonds is 0. The zero-order valence-corrected chi connectivity index (χ0v) is 10.9. The highest BCUT2D eigenvalue weighted by atomic mass is 79.9. The number of benzene rings is 3. The molecular formula is C15H10BrF. The summed E-state index contributed by atoms with van der Waals surface area (Å²) in [5.74, 6) is -0.148. The largest absolute Gasteiger partial charge is 0.206 e. The smallest absolute Gasteiger partial charge is 0.131 e. The Balaban J connectivity index is 2.47. The highest BCUT2D eigenvalue weighted by molar-refractivity contribution is 9.10. The van der Waals surface area contributed by atoms with Crippen LogP contribution in [0.15, 0.2) is 46.9 Å². The van der Waals surface area contributed by atoms with E-state index in [9.17, 15) is 4.39 Å². The van der Waals surface area contributed by atoms with Crippen LogP contribution in [0.3, 0.4) is 0 Å². The van der Waals surface area contributed by atoms with Gasteiger partial charge in [-0.2, -0.15) is 0 Å². The number of hydrogen-bond donors (Lipinski definition) is 0. The van der Waals surface area contributed by atoms with Crippen molar-refractivity contribution in [1.82, 2.24) is 0 Å². The molecule has 3 aromatic carbocycles. The molecule has 3 aromatic rings. The van der Waals surface area contributed by atoms with Gasteiger partial charge < -0.3 is 0 Å². The first kappa shape index (κ1) is 10.7. The van der Waals surface area contributed by atoms with Gasteiger partial charge in [-0.1, -0.05) is 28.1 Å². The second-order valence-electron chi connectivity index (χ2n) is 4.31. The lowest BCUT2D eigenvalue weighted by Gasteiger charge is -2.05. The summed E-state index contributed by atoms with van der Waals surface area (Å²) in [7, 11) is 0. The van der Waals surface area contributed by atoms with Gasteiger partial charge in [0, 0.05) is 9.86 Å². The lowest BCUT2D eigenvalue weighted by Crippen LogP contribution is -1.83. The van der Waals surface area contributed by atoms with E-state index in [1.54, 1.807) is 6.07 Å². The molecule has 0 amide bonds. The van der Waals surface area contributed by atoms with Gasteiger partial charge in [-0.25, -0.2) is 4.39 Å². The first-order valence-corrected chi connectivity index (χ1v) is 6.22. The van der Waals surface area contributed by atoms with E-state index in [0.717, 1.165) is 26.2 Å². The molecule has 2 heteroatoms. The molecule has 0 aromatic heterocycles. The second kappa shape index (κ2) is 3.81. The van der Waals surface area contributed by atoms with Crippen molar-refractivity contribution < 1.29 is 4.39 Å². The lowest BCUT2D eigenvalue weighted by atomic mass is 10.0. The molecule has 0 radical (unpaired) electrons. The molecule has 0 heterocycles. The van der Waals surface area contributed by atoms with Crippen LogP contribution in [0.5, 0.6) is 0 Å². The quantitative estimate of drug-likeness (QED) is 0.499. The summed E-state index contributed by atoms with van der Waals surface area (Å²) < 4.78 is 14.9. The Morgan fingerprint density at radius 3 is 2.53 bits per heavy atom. The van der Waals surface area contributed by atoms with Crippen LogP contribution in [0.2, 0.25) is 0 Å². The predicted molar refractivity (Wildman–Crippen MR) is 73.8 cm³/mol. The fourth-order valence-corrected chi connectivity index (χ4v) is 2.56. The molecule has 3 rings (SSSR count). The molecule has 0 saturated heterocycles. The van der Waals surface area contributed by atoms with Crippen molar-refractivity contribution in [3.8, 4) is 0 Å². The van der Waals surface area contributed by atoms with Gasteiger partial charge >= 0.3 is 0 Å². The summed E-state index contributed by atoms with van der Waals surface area (Å²) in [6.07, 6.45) is 0. The lowest BCUT2D eigenvalue weighted by molar-refractivity contribution is 0.639. The average Bonchev–Trinajstić information content (AvgIpc) is 2.26. The maximum atomic E-state index is 13.8. The third-order valence-electron chi connectivity index (χ3n) is 2.97. The summed E-state index contributed by atoms with van der Waals surface area (Å²) in [5.41, 5.74) is 0.948. The molecule has 0 nitrogen and oxygen atoms in total. The summed E-state index contributed by atoms with van der Waals surface area (Å²) in [5, 5.41) is 3.82. The fraction of sp³-hybridized carbons (Fsp3) is 0.0667. The SMILES string of the molecule is Cc1cc(F)c2cc3ccc(Br)cc3cc2c1. The van der Waals surface area contributed by atoms with Gasteiger partial charge in [0.1, 0.15) is 5.82 Å². The second-order valence-corrected chi connectivity index (χ2v) is 5.23. The fourth-order valence-electron chi connectivity index (χ4n) is 2.18. The molecule has 0 aliphatic carbocycles. The van der Waals surface area contributed by atoms with Gasteiger partial charge in [0.05, 0.1) is 0 Å². The molecule has 0 fully saturated rings. The molecule has 0 aliphatic heterocycles. The third kappa shape index (κ3) is 1.83. The van der Waals surface area contributed by atoms with Crippen molar-refractivity contribution in [1.29, 1.82) is 0 Å². The Morgan fingerprint density at radius 1 is 0.882 bits per heavy atom. The first-order chi connectivity index (χ1) is 8.13. The van der Waals surface area contributed by atoms with E-state index in [1.165, 1.54) is 0 Å². The molecule has 0 aliphatic rings. The Kier molecular flexibility index (Phi) is 2.40. The average molecular weight is 289 g/mol. The maximum absolute atomic E-state index is 13.8. The molecule has 0 atom stereocenters. The van der Waals surface area contributed by atoms with Gasteiger partial charge in [0.15, 0.2) is 0 Å². The van der Waals surface area contributed by atoms with Gasteiger partial charge in [0.2, 0.25) is 0 Å². The molecule has 17 heavy (non-hydrogen) atoms. The van der Waals surface area contributed by atoms with Crippen LogP contribution in [0.1, 0.15) is 5.56 Å². The van der Waals surface area contributed by atoms with Crippen molar-refractivity contribution in [2.45, 2.75) is 6.92 Å². The normalized spacial score (nSPS) is 11.2. The Labute approximate surface area is 107 Å². The molecule has 84 valence electrons. The van der Waals surface area contributed by atoms with Crippen LogP contribution in [0.25, 0.3) is 21.5 Å². The highest BCUT2D eigenvalue weighted by Crippen LogP contribution is 2.27. The summed E-state index contributed by atoms with van der Waals surface area (Å²) >= 11 is 3.45. The minimum atomic E-state index is -0.148. The van der Waals surface area contributed by atoms with Crippen LogP contribution in [0, 0.1) is 12.7 Å². The van der Waals surface area contributed by atoms with E-state index in [0.29, 0.717) is 5.39 Å². The summed E-state index contributed by atoms with van der Waals surface area (Å²) in [6.45, 7) is 1.91. The van der Waals surface area contributed by atoms with Crippen molar-refractivity contribution in [2.24, 2.45) is 0 Å². The zero-order valence-electron chi connectivity index (χ0n) is 9.30. The van der Waals surface area contributed by atoms with E-state index in [2.05, 4.69) is 22.0 Å². The van der Waals surface area contributed by atoms with Crippen molar-refractivity contribution >= 4 is 37.5 Å². The molecular weight excluding hydrogens is 279 g/mol. The Bertz CT molecular complexity index is 732. The van der Waals surface area contributed by atoms with Gasteiger partial charge in [0.25, 0.3) is 0 Å². The molecule has 0 bridgehead atoms. The number of fused-ring (bicyclic) bond motifs is 2. The van der Waals surface area contributed by atoms with Crippen LogP contribution >= 0.6 is 15.9 Å². The topological polar surface area (TPSA) is 0 Å². The summed E-state index contributed by atoms with van der Waals surface area (Å²) in [4.78, 5) is 0. The monoisotopic (exact) mass is 288 g/mol. The standard InChI is InChI=1S/C15H10BrF/c1-9-4-12-6-11-7-13(16)3-2-10(11)8-14(12)15(17)5-9/h2-8H,1H3. The van der Waals surface area contributed by atoms with Crippen LogP contribution < -0.4 is 0 Å². The predicted octanol–water partition coefficient (Wildman–Crippen LogP) is 5.20. The van der Waals surface area contributed by atoms with Gasteiger partial charge in [-0.15, -0.1) is 0 Å². The van der Waals surface area contributed by atoms with Crippen LogP contribution in [0.4, 0.5) is 4.39 Å². The van der Waals surface area contributed by atoms with Crippen LogP contribution in [-0.4, -0.2) is 0 Å². The van der Waals surface area contributed by atoms with E-state index >= 15 is 0 Å². The van der Waals surface area contributed by atoms with Gasteiger partial charge in [-0.05, 0) is 59.0 Å². The van der Waals surface area contributed by atoms with Crippen LogP contribution in [-0.2, 0) is 0 Å². The first-order valence-electron chi connectivity index (χ1n) is 5.43. The number of hydrogen-bond acceptors (Lipinski definition) is 0. The minimum absolute atomic E-state index is 0.148. The molecule has 0 spiro atoms. The van der Waals surface area contributed by atoms with E-state index < -0.39 is 0 Å².